The summed E-state index contributed by atoms with van der Waals surface area (Å²) in [5, 5.41) is 7.99. The Labute approximate surface area is 146 Å². The maximum Gasteiger partial charge on any atom is 0.305 e. The number of rotatable bonds is 3. The van der Waals surface area contributed by atoms with Crippen molar-refractivity contribution in [2.45, 2.75) is 12.2 Å². The summed E-state index contributed by atoms with van der Waals surface area (Å²) in [4.78, 5) is 8.20. The average molecular weight is 395 g/mol. The normalized spacial score (nSPS) is 18.8. The molecule has 9 heteroatoms. The van der Waals surface area contributed by atoms with E-state index in [-0.39, 0.29) is 5.25 Å². The van der Waals surface area contributed by atoms with Gasteiger partial charge in [-0.05, 0) is 28.4 Å². The molecule has 120 valence electrons. The number of nitrogens with two attached hydrogens (primary N) is 1. The lowest BCUT2D eigenvalue weighted by atomic mass is 10.1. The van der Waals surface area contributed by atoms with Crippen LogP contribution in [0.2, 0.25) is 0 Å². The monoisotopic (exact) mass is 394 g/mol. The smallest absolute Gasteiger partial charge is 0.305 e. The molecule has 1 fully saturated rings. The highest BCUT2D eigenvalue weighted by Crippen LogP contribution is 2.37. The van der Waals surface area contributed by atoms with E-state index in [1.54, 1.807) is 16.9 Å². The molecule has 0 aliphatic carbocycles. The first-order chi connectivity index (χ1) is 11.1. The Hall–Kier alpha value is -1.76. The van der Waals surface area contributed by atoms with E-state index >= 15 is 0 Å². The molecule has 0 amide bonds. The number of fused-ring (bicyclic) bond motifs is 1. The average Bonchev–Trinajstić information content (AvgIpc) is 3.00. The second-order valence-corrected chi connectivity index (χ2v) is 7.24. The largest absolute Gasteiger partial charge is 0.383 e. The molecule has 0 saturated carbocycles. The molecule has 0 radical (unpaired) electrons. The van der Waals surface area contributed by atoms with E-state index in [0.717, 1.165) is 45.8 Å². The second kappa shape index (κ2) is 6.78. The summed E-state index contributed by atoms with van der Waals surface area (Å²) >= 11 is 5.46. The summed E-state index contributed by atoms with van der Waals surface area (Å²) in [6.45, 7) is 8.93. The Kier molecular flexibility index (Phi) is 4.75. The molecule has 3 heterocycles. The Morgan fingerprint density at radius 2 is 2.52 bits per heavy atom. The molecule has 1 aliphatic rings. The zero-order valence-electron chi connectivity index (χ0n) is 12.6. The van der Waals surface area contributed by atoms with Crippen LogP contribution in [0.15, 0.2) is 16.9 Å². The first kappa shape index (κ1) is 16.1. The topological polar surface area (TPSA) is 84.6 Å². The summed E-state index contributed by atoms with van der Waals surface area (Å²) in [6.07, 6.45) is 3.44. The number of hydrogen-bond acceptors (Lipinski definition) is 6. The minimum atomic E-state index is 0.259. The quantitative estimate of drug-likeness (QED) is 0.692. The van der Waals surface area contributed by atoms with Gasteiger partial charge in [0.2, 0.25) is 0 Å². The molecule has 1 aliphatic heterocycles. The van der Waals surface area contributed by atoms with Crippen LogP contribution in [0.5, 0.6) is 0 Å². The lowest BCUT2D eigenvalue weighted by Gasteiger charge is -2.23. The molecule has 3 rings (SSSR count). The molecule has 1 unspecified atom stereocenters. The van der Waals surface area contributed by atoms with Gasteiger partial charge in [0, 0.05) is 24.4 Å². The zero-order chi connectivity index (χ0) is 16.4. The summed E-state index contributed by atoms with van der Waals surface area (Å²) in [6, 6.07) is 0. The van der Waals surface area contributed by atoms with Crippen LogP contribution in [0.4, 0.5) is 5.82 Å². The van der Waals surface area contributed by atoms with Crippen molar-refractivity contribution in [3.05, 3.63) is 33.1 Å². The van der Waals surface area contributed by atoms with Crippen molar-refractivity contribution in [1.82, 2.24) is 25.3 Å². The van der Waals surface area contributed by atoms with E-state index in [2.05, 4.69) is 36.7 Å². The van der Waals surface area contributed by atoms with Crippen molar-refractivity contribution in [2.75, 3.05) is 24.6 Å². The first-order valence-electron chi connectivity index (χ1n) is 7.11. The molecule has 2 aromatic heterocycles. The number of halogens is 1. The lowest BCUT2D eigenvalue weighted by molar-refractivity contribution is 0.678. The van der Waals surface area contributed by atoms with Gasteiger partial charge in [0.25, 0.3) is 0 Å². The maximum atomic E-state index is 6.25. The molecule has 1 atom stereocenters. The van der Waals surface area contributed by atoms with Crippen LogP contribution in [0, 0.1) is 6.57 Å². The number of nitrogens with zero attached hydrogens (tertiary/aromatic N) is 4. The molecule has 23 heavy (non-hydrogen) atoms. The van der Waals surface area contributed by atoms with Gasteiger partial charge in [0.05, 0.1) is 32.8 Å². The Balaban J connectivity index is 2.12. The van der Waals surface area contributed by atoms with Crippen LogP contribution in [-0.4, -0.2) is 33.4 Å². The number of thioether (sulfide) groups is 1. The van der Waals surface area contributed by atoms with Gasteiger partial charge in [-0.15, -0.1) is 11.8 Å². The van der Waals surface area contributed by atoms with Gasteiger partial charge < -0.3 is 11.1 Å². The predicted molar refractivity (Wildman–Crippen MR) is 98.3 cm³/mol. The fourth-order valence-corrected chi connectivity index (χ4v) is 4.25. The van der Waals surface area contributed by atoms with Crippen LogP contribution in [0.3, 0.4) is 0 Å². The minimum Gasteiger partial charge on any atom is -0.383 e. The number of nitrogen functional groups attached to an aromatic ring is 1. The predicted octanol–water partition coefficient (Wildman–Crippen LogP) is 2.28. The van der Waals surface area contributed by atoms with Crippen molar-refractivity contribution in [3.8, 4) is 6.57 Å². The highest BCUT2D eigenvalue weighted by Gasteiger charge is 2.24. The van der Waals surface area contributed by atoms with Gasteiger partial charge in [-0.1, -0.05) is 5.43 Å². The van der Waals surface area contributed by atoms with E-state index < -0.39 is 0 Å². The third kappa shape index (κ3) is 3.02. The van der Waals surface area contributed by atoms with Crippen molar-refractivity contribution < 1.29 is 0 Å². The van der Waals surface area contributed by atoms with E-state index in [1.165, 1.54) is 0 Å². The highest BCUT2D eigenvalue weighted by atomic mass is 79.9. The summed E-state index contributed by atoms with van der Waals surface area (Å²) < 4.78 is 2.44. The van der Waals surface area contributed by atoms with Crippen LogP contribution < -0.4 is 16.5 Å². The number of anilines is 1. The fraction of sp³-hybridized carbons (Fsp3) is 0.357. The van der Waals surface area contributed by atoms with Gasteiger partial charge >= 0.3 is 6.57 Å². The first-order valence-corrected chi connectivity index (χ1v) is 8.95. The molecule has 0 spiro atoms. The standard InChI is InChI=1S/C14H17BrN7S/c1-8(5-19-17-2)9-6-20-22-13(16)11(15)12(21-14(9)22)10-7-18-3-4-23-10/h2,5-6,10,18-19H,3-4,7,16H2,1H3/q+1/b8-5+. The molecule has 2 aromatic rings. The van der Waals surface area contributed by atoms with Gasteiger partial charge in [-0.3, -0.25) is 0 Å². The van der Waals surface area contributed by atoms with Crippen LogP contribution in [-0.2, 0) is 0 Å². The third-order valence-corrected chi connectivity index (χ3v) is 5.71. The molecule has 4 N–H and O–H groups in total. The van der Waals surface area contributed by atoms with Crippen LogP contribution in [0.1, 0.15) is 23.4 Å². The van der Waals surface area contributed by atoms with Gasteiger partial charge in [0.15, 0.2) is 5.65 Å². The summed E-state index contributed by atoms with van der Waals surface area (Å²) in [5.41, 5.74) is 12.3. The maximum absolute atomic E-state index is 6.25. The number of hydrogen-bond donors (Lipinski definition) is 3. The van der Waals surface area contributed by atoms with Gasteiger partial charge in [0.1, 0.15) is 5.82 Å². The zero-order valence-corrected chi connectivity index (χ0v) is 15.0. The minimum absolute atomic E-state index is 0.259. The number of aromatic nitrogens is 3. The lowest BCUT2D eigenvalue weighted by Crippen LogP contribution is -2.29. The Morgan fingerprint density at radius 3 is 3.22 bits per heavy atom. The Bertz CT molecular complexity index is 802. The molecular weight excluding hydrogens is 378 g/mol. The van der Waals surface area contributed by atoms with Crippen molar-refractivity contribution in [2.24, 2.45) is 0 Å². The summed E-state index contributed by atoms with van der Waals surface area (Å²) in [7, 11) is 0. The summed E-state index contributed by atoms with van der Waals surface area (Å²) in [5.74, 6) is 1.60. The van der Waals surface area contributed by atoms with E-state index in [1.807, 2.05) is 18.7 Å². The SMILES string of the molecule is C#[N+]N/C=C(\C)c1cnn2c(N)c(Br)c(C3CNCCS3)nc12. The van der Waals surface area contributed by atoms with E-state index in [4.69, 9.17) is 17.3 Å². The van der Waals surface area contributed by atoms with E-state index in [9.17, 15) is 0 Å². The number of nitrogens with one attached hydrogen (secondary N) is 2. The third-order valence-electron chi connectivity index (χ3n) is 3.66. The van der Waals surface area contributed by atoms with Crippen LogP contribution in [0.25, 0.3) is 16.2 Å². The van der Waals surface area contributed by atoms with Crippen LogP contribution >= 0.6 is 27.7 Å². The molecule has 0 bridgehead atoms. The Morgan fingerprint density at radius 1 is 1.70 bits per heavy atom. The highest BCUT2D eigenvalue weighted by molar-refractivity contribution is 9.10. The van der Waals surface area contributed by atoms with Gasteiger partial charge in [-0.25, -0.2) is 4.98 Å². The van der Waals surface area contributed by atoms with Crippen molar-refractivity contribution in [1.29, 1.82) is 0 Å². The molecular formula is C14H17BrN7S+. The number of allylic oxidation sites excluding steroid dienone is 1. The van der Waals surface area contributed by atoms with Gasteiger partial charge in [-0.2, -0.15) is 9.61 Å². The second-order valence-electron chi connectivity index (χ2n) is 5.14. The molecule has 1 saturated heterocycles. The van der Waals surface area contributed by atoms with E-state index in [0.29, 0.717) is 5.82 Å². The van der Waals surface area contributed by atoms with Crippen molar-refractivity contribution in [3.63, 3.8) is 0 Å². The molecule has 7 nitrogen and oxygen atoms in total. The van der Waals surface area contributed by atoms with Crippen molar-refractivity contribution >= 4 is 44.7 Å². The fourth-order valence-electron chi connectivity index (χ4n) is 2.46. The molecule has 0 aromatic carbocycles.